The van der Waals surface area contributed by atoms with Crippen molar-refractivity contribution in [2.45, 2.75) is 17.9 Å². The summed E-state index contributed by atoms with van der Waals surface area (Å²) < 4.78 is 1.10. The summed E-state index contributed by atoms with van der Waals surface area (Å²) in [5, 5.41) is 4.99. The van der Waals surface area contributed by atoms with Gasteiger partial charge in [0.15, 0.2) is 0 Å². The van der Waals surface area contributed by atoms with Crippen LogP contribution in [0.3, 0.4) is 0 Å². The van der Waals surface area contributed by atoms with Crippen LogP contribution in [-0.4, -0.2) is 12.3 Å². The van der Waals surface area contributed by atoms with E-state index in [1.807, 2.05) is 18.2 Å². The van der Waals surface area contributed by atoms with Gasteiger partial charge in [0, 0.05) is 32.7 Å². The van der Waals surface area contributed by atoms with Gasteiger partial charge in [0.25, 0.3) is 0 Å². The van der Waals surface area contributed by atoms with Gasteiger partial charge in [-0.3, -0.25) is 0 Å². The molecule has 112 valence electrons. The average molecular weight is 405 g/mol. The van der Waals surface area contributed by atoms with Crippen molar-refractivity contribution in [3.8, 4) is 0 Å². The van der Waals surface area contributed by atoms with Crippen LogP contribution in [0, 0.1) is 0 Å². The quantitative estimate of drug-likeness (QED) is 0.454. The van der Waals surface area contributed by atoms with Gasteiger partial charge < -0.3 is 5.32 Å². The first kappa shape index (κ1) is 17.2. The fraction of sp³-hybridized carbons (Fsp3) is 0.250. The summed E-state index contributed by atoms with van der Waals surface area (Å²) in [5.74, 6) is 0.945. The maximum Gasteiger partial charge on any atom is 0.0542 e. The molecule has 0 heterocycles. The van der Waals surface area contributed by atoms with Crippen molar-refractivity contribution in [1.29, 1.82) is 0 Å². The SMILES string of the molecule is CC(NCCSc1cc(Cl)ccc1Cl)c1ccc(Br)cc1. The van der Waals surface area contributed by atoms with Crippen LogP contribution in [0.1, 0.15) is 18.5 Å². The van der Waals surface area contributed by atoms with Crippen LogP contribution in [0.25, 0.3) is 0 Å². The van der Waals surface area contributed by atoms with Gasteiger partial charge in [0.05, 0.1) is 5.02 Å². The number of thioether (sulfide) groups is 1. The molecule has 1 nitrogen and oxygen atoms in total. The Morgan fingerprint density at radius 1 is 1.14 bits per heavy atom. The maximum atomic E-state index is 6.14. The topological polar surface area (TPSA) is 12.0 Å². The minimum atomic E-state index is 0.327. The smallest absolute Gasteiger partial charge is 0.0542 e. The summed E-state index contributed by atoms with van der Waals surface area (Å²) in [4.78, 5) is 1.03. The molecule has 0 saturated carbocycles. The van der Waals surface area contributed by atoms with Crippen LogP contribution < -0.4 is 5.32 Å². The fourth-order valence-corrected chi connectivity index (χ4v) is 3.53. The van der Waals surface area contributed by atoms with Crippen LogP contribution in [0.15, 0.2) is 51.8 Å². The number of benzene rings is 2. The van der Waals surface area contributed by atoms with E-state index >= 15 is 0 Å². The number of nitrogens with one attached hydrogen (secondary N) is 1. The lowest BCUT2D eigenvalue weighted by Gasteiger charge is -2.14. The zero-order chi connectivity index (χ0) is 15.2. The molecule has 0 radical (unpaired) electrons. The second-order valence-corrected chi connectivity index (χ2v) is 7.55. The first-order chi connectivity index (χ1) is 10.1. The summed E-state index contributed by atoms with van der Waals surface area (Å²) in [5.41, 5.74) is 1.28. The van der Waals surface area contributed by atoms with Crippen molar-refractivity contribution in [2.75, 3.05) is 12.3 Å². The number of hydrogen-bond acceptors (Lipinski definition) is 2. The number of rotatable bonds is 6. The molecule has 0 aliphatic heterocycles. The molecule has 0 fully saturated rings. The standard InChI is InChI=1S/C16H16BrCl2NS/c1-11(12-2-4-13(17)5-3-12)20-8-9-21-16-10-14(18)6-7-15(16)19/h2-7,10-11,20H,8-9H2,1H3. The Bertz CT molecular complexity index is 589. The molecule has 2 aromatic rings. The van der Waals surface area contributed by atoms with Crippen LogP contribution >= 0.6 is 50.9 Å². The summed E-state index contributed by atoms with van der Waals surface area (Å²) in [7, 11) is 0. The van der Waals surface area contributed by atoms with Gasteiger partial charge in [-0.15, -0.1) is 11.8 Å². The normalized spacial score (nSPS) is 12.4. The number of hydrogen-bond donors (Lipinski definition) is 1. The van der Waals surface area contributed by atoms with Crippen LogP contribution in [0.5, 0.6) is 0 Å². The van der Waals surface area contributed by atoms with Gasteiger partial charge in [-0.1, -0.05) is 51.3 Å². The molecule has 0 aliphatic rings. The third-order valence-corrected chi connectivity index (χ3v) is 5.34. The van der Waals surface area contributed by atoms with E-state index in [4.69, 9.17) is 23.2 Å². The minimum absolute atomic E-state index is 0.327. The Morgan fingerprint density at radius 3 is 2.57 bits per heavy atom. The summed E-state index contributed by atoms with van der Waals surface area (Å²) >= 11 is 17.3. The fourth-order valence-electron chi connectivity index (χ4n) is 1.89. The average Bonchev–Trinajstić information content (AvgIpc) is 2.47. The van der Waals surface area contributed by atoms with Crippen molar-refractivity contribution in [2.24, 2.45) is 0 Å². The van der Waals surface area contributed by atoms with Crippen molar-refractivity contribution in [1.82, 2.24) is 5.32 Å². The van der Waals surface area contributed by atoms with E-state index in [0.29, 0.717) is 6.04 Å². The van der Waals surface area contributed by atoms with Crippen LogP contribution in [0.4, 0.5) is 0 Å². The highest BCUT2D eigenvalue weighted by atomic mass is 79.9. The minimum Gasteiger partial charge on any atom is -0.309 e. The van der Waals surface area contributed by atoms with Crippen molar-refractivity contribution < 1.29 is 0 Å². The second kappa shape index (κ2) is 8.44. The van der Waals surface area contributed by atoms with Crippen molar-refractivity contribution >= 4 is 50.9 Å². The van der Waals surface area contributed by atoms with Crippen molar-refractivity contribution in [3.05, 3.63) is 62.5 Å². The molecule has 5 heteroatoms. The lowest BCUT2D eigenvalue weighted by molar-refractivity contribution is 0.601. The lowest BCUT2D eigenvalue weighted by atomic mass is 10.1. The zero-order valence-corrected chi connectivity index (χ0v) is 15.5. The number of halogens is 3. The van der Waals surface area contributed by atoms with Crippen molar-refractivity contribution in [3.63, 3.8) is 0 Å². The molecule has 0 aliphatic carbocycles. The van der Waals surface area contributed by atoms with Gasteiger partial charge in [-0.2, -0.15) is 0 Å². The molecule has 2 rings (SSSR count). The zero-order valence-electron chi connectivity index (χ0n) is 11.6. The maximum absolute atomic E-state index is 6.14. The molecule has 1 atom stereocenters. The van der Waals surface area contributed by atoms with E-state index in [0.717, 1.165) is 31.7 Å². The largest absolute Gasteiger partial charge is 0.309 e. The van der Waals surface area contributed by atoms with Crippen LogP contribution in [0.2, 0.25) is 10.0 Å². The first-order valence-electron chi connectivity index (χ1n) is 6.63. The second-order valence-electron chi connectivity index (χ2n) is 4.65. The molecular formula is C16H16BrCl2NS. The molecule has 1 N–H and O–H groups in total. The Kier molecular flexibility index (Phi) is 6.90. The monoisotopic (exact) mass is 403 g/mol. The molecule has 0 aromatic heterocycles. The third kappa shape index (κ3) is 5.50. The van der Waals surface area contributed by atoms with Gasteiger partial charge in [-0.05, 0) is 42.8 Å². The predicted octanol–water partition coefficient (Wildman–Crippen LogP) is 6.20. The molecule has 0 bridgehead atoms. The molecule has 0 saturated heterocycles. The van der Waals surface area contributed by atoms with Gasteiger partial charge in [-0.25, -0.2) is 0 Å². The molecular weight excluding hydrogens is 389 g/mol. The van der Waals surface area contributed by atoms with E-state index in [-0.39, 0.29) is 0 Å². The summed E-state index contributed by atoms with van der Waals surface area (Å²) in [6.45, 7) is 3.07. The Hall–Kier alpha value is -0.190. The van der Waals surface area contributed by atoms with E-state index < -0.39 is 0 Å². The highest BCUT2D eigenvalue weighted by Gasteiger charge is 2.05. The summed E-state index contributed by atoms with van der Waals surface area (Å²) in [6, 6.07) is 14.3. The molecule has 0 amide bonds. The highest BCUT2D eigenvalue weighted by molar-refractivity contribution is 9.10. The van der Waals surface area contributed by atoms with Crippen LogP contribution in [-0.2, 0) is 0 Å². The Balaban J connectivity index is 1.79. The van der Waals surface area contributed by atoms with Gasteiger partial charge >= 0.3 is 0 Å². The van der Waals surface area contributed by atoms with E-state index in [2.05, 4.69) is 52.4 Å². The third-order valence-electron chi connectivity index (χ3n) is 3.07. The molecule has 21 heavy (non-hydrogen) atoms. The predicted molar refractivity (Wildman–Crippen MR) is 97.7 cm³/mol. The van der Waals surface area contributed by atoms with E-state index in [9.17, 15) is 0 Å². The Labute approximate surface area is 148 Å². The molecule has 1 unspecified atom stereocenters. The van der Waals surface area contributed by atoms with E-state index in [1.165, 1.54) is 5.56 Å². The first-order valence-corrected chi connectivity index (χ1v) is 9.16. The van der Waals surface area contributed by atoms with Gasteiger partial charge in [0.1, 0.15) is 0 Å². The lowest BCUT2D eigenvalue weighted by Crippen LogP contribution is -2.21. The molecule has 0 spiro atoms. The van der Waals surface area contributed by atoms with Gasteiger partial charge in [0.2, 0.25) is 0 Å². The summed E-state index contributed by atoms with van der Waals surface area (Å²) in [6.07, 6.45) is 0. The Morgan fingerprint density at radius 2 is 1.86 bits per heavy atom. The molecule has 2 aromatic carbocycles. The highest BCUT2D eigenvalue weighted by Crippen LogP contribution is 2.29. The van der Waals surface area contributed by atoms with E-state index in [1.54, 1.807) is 11.8 Å².